The van der Waals surface area contributed by atoms with Crippen molar-refractivity contribution >= 4 is 28.6 Å². The molecule has 1 aliphatic rings. The molecule has 0 radical (unpaired) electrons. The van der Waals surface area contributed by atoms with E-state index in [0.29, 0.717) is 13.0 Å². The zero-order chi connectivity index (χ0) is 15.4. The lowest BCUT2D eigenvalue weighted by molar-refractivity contribution is -0.132. The van der Waals surface area contributed by atoms with E-state index in [4.69, 9.17) is 0 Å². The van der Waals surface area contributed by atoms with Crippen LogP contribution in [0.2, 0.25) is 0 Å². The molecule has 1 saturated heterocycles. The molecule has 6 heteroatoms. The van der Waals surface area contributed by atoms with Crippen LogP contribution in [0.3, 0.4) is 0 Å². The Morgan fingerprint density at radius 2 is 1.86 bits per heavy atom. The second kappa shape index (κ2) is 7.37. The lowest BCUT2D eigenvalue weighted by Crippen LogP contribution is -2.49. The van der Waals surface area contributed by atoms with Crippen LogP contribution in [0, 0.1) is 0 Å². The fourth-order valence-corrected chi connectivity index (χ4v) is 4.07. The van der Waals surface area contributed by atoms with E-state index >= 15 is 0 Å². The molecule has 1 N–H and O–H groups in total. The average Bonchev–Trinajstić information content (AvgIpc) is 3.21. The number of β-amino-alcohol motifs (C(OH)–C–C–N with tert-alkyl or cyclic N) is 1. The monoisotopic (exact) mass is 336 g/mol. The predicted octanol–water partition coefficient (Wildman–Crippen LogP) is 2.23. The molecule has 0 spiro atoms. The van der Waals surface area contributed by atoms with Gasteiger partial charge in [-0.2, -0.15) is 0 Å². The summed E-state index contributed by atoms with van der Waals surface area (Å²) in [5.41, 5.74) is 0. The van der Waals surface area contributed by atoms with Crippen molar-refractivity contribution in [2.75, 3.05) is 32.7 Å². The maximum absolute atomic E-state index is 12.2. The van der Waals surface area contributed by atoms with E-state index in [0.717, 1.165) is 35.9 Å². The van der Waals surface area contributed by atoms with Crippen molar-refractivity contribution in [1.82, 2.24) is 9.80 Å². The maximum Gasteiger partial charge on any atom is 0.227 e. The first kappa shape index (κ1) is 15.7. The third kappa shape index (κ3) is 3.95. The first-order valence-corrected chi connectivity index (χ1v) is 9.22. The summed E-state index contributed by atoms with van der Waals surface area (Å²) >= 11 is 3.22. The molecular weight excluding hydrogens is 316 g/mol. The number of aliphatic hydroxyl groups is 1. The van der Waals surface area contributed by atoms with Crippen LogP contribution in [0.15, 0.2) is 35.0 Å². The minimum atomic E-state index is -0.423. The van der Waals surface area contributed by atoms with Crippen molar-refractivity contribution < 1.29 is 9.90 Å². The number of carbonyl (C=O) groups is 1. The largest absolute Gasteiger partial charge is 0.386 e. The number of thiophene rings is 2. The van der Waals surface area contributed by atoms with E-state index in [2.05, 4.69) is 4.90 Å². The Kier molecular flexibility index (Phi) is 5.25. The Morgan fingerprint density at radius 3 is 2.50 bits per heavy atom. The zero-order valence-electron chi connectivity index (χ0n) is 12.4. The molecule has 1 fully saturated rings. The number of hydrogen-bond donors (Lipinski definition) is 1. The van der Waals surface area contributed by atoms with Crippen molar-refractivity contribution in [3.63, 3.8) is 0 Å². The van der Waals surface area contributed by atoms with Gasteiger partial charge >= 0.3 is 0 Å². The molecule has 22 heavy (non-hydrogen) atoms. The van der Waals surface area contributed by atoms with Crippen LogP contribution < -0.4 is 0 Å². The van der Waals surface area contributed by atoms with Gasteiger partial charge in [0.1, 0.15) is 6.10 Å². The maximum atomic E-state index is 12.2. The smallest absolute Gasteiger partial charge is 0.227 e. The molecular formula is C16H20N2O2S2. The number of piperazine rings is 1. The number of aliphatic hydroxyl groups excluding tert-OH is 1. The van der Waals surface area contributed by atoms with E-state index in [1.54, 1.807) is 22.7 Å². The summed E-state index contributed by atoms with van der Waals surface area (Å²) in [7, 11) is 0. The molecule has 0 saturated carbocycles. The molecule has 1 amide bonds. The average molecular weight is 336 g/mol. The predicted molar refractivity (Wildman–Crippen MR) is 90.3 cm³/mol. The minimum absolute atomic E-state index is 0.209. The van der Waals surface area contributed by atoms with Gasteiger partial charge in [-0.05, 0) is 22.9 Å². The van der Waals surface area contributed by atoms with Gasteiger partial charge in [0, 0.05) is 42.5 Å². The van der Waals surface area contributed by atoms with Crippen LogP contribution in [0.1, 0.15) is 15.9 Å². The van der Waals surface area contributed by atoms with Crippen molar-refractivity contribution in [3.05, 3.63) is 44.8 Å². The highest BCUT2D eigenvalue weighted by Gasteiger charge is 2.23. The number of hydrogen-bond acceptors (Lipinski definition) is 5. The summed E-state index contributed by atoms with van der Waals surface area (Å²) < 4.78 is 0. The number of carbonyl (C=O) groups excluding carboxylic acids is 1. The number of nitrogens with zero attached hydrogens (tertiary/aromatic N) is 2. The van der Waals surface area contributed by atoms with Gasteiger partial charge in [0.25, 0.3) is 0 Å². The van der Waals surface area contributed by atoms with E-state index in [9.17, 15) is 9.90 Å². The Labute approximate surface area is 138 Å². The molecule has 4 nitrogen and oxygen atoms in total. The normalized spacial score (nSPS) is 17.6. The number of rotatable bonds is 5. The summed E-state index contributed by atoms with van der Waals surface area (Å²) in [4.78, 5) is 18.6. The molecule has 3 heterocycles. The molecule has 118 valence electrons. The molecule has 2 aromatic heterocycles. The lowest BCUT2D eigenvalue weighted by Gasteiger charge is -2.35. The molecule has 0 aromatic carbocycles. The third-order valence-corrected chi connectivity index (χ3v) is 5.78. The minimum Gasteiger partial charge on any atom is -0.386 e. The van der Waals surface area contributed by atoms with Crippen molar-refractivity contribution in [3.8, 4) is 0 Å². The van der Waals surface area contributed by atoms with Crippen LogP contribution in [-0.2, 0) is 11.2 Å². The SMILES string of the molecule is O=C(Cc1cccs1)N1CCN(C[C@@H](O)c2cccs2)CC1. The van der Waals surface area contributed by atoms with Gasteiger partial charge < -0.3 is 10.0 Å². The second-order valence-corrected chi connectivity index (χ2v) is 7.48. The van der Waals surface area contributed by atoms with Gasteiger partial charge in [-0.15, -0.1) is 22.7 Å². The van der Waals surface area contributed by atoms with E-state index < -0.39 is 6.10 Å². The topological polar surface area (TPSA) is 43.8 Å². The van der Waals surface area contributed by atoms with Gasteiger partial charge in [0.05, 0.1) is 6.42 Å². The molecule has 0 bridgehead atoms. The summed E-state index contributed by atoms with van der Waals surface area (Å²) in [6.45, 7) is 3.81. The van der Waals surface area contributed by atoms with Crippen LogP contribution in [0.25, 0.3) is 0 Å². The summed E-state index contributed by atoms with van der Waals surface area (Å²) in [5.74, 6) is 0.209. The van der Waals surface area contributed by atoms with Crippen molar-refractivity contribution in [2.45, 2.75) is 12.5 Å². The van der Waals surface area contributed by atoms with Crippen LogP contribution in [-0.4, -0.2) is 53.5 Å². The first-order chi connectivity index (χ1) is 10.7. The van der Waals surface area contributed by atoms with Gasteiger partial charge in [0.15, 0.2) is 0 Å². The number of amides is 1. The third-order valence-electron chi connectivity index (χ3n) is 3.93. The molecule has 2 aromatic rings. The Balaban J connectivity index is 1.45. The highest BCUT2D eigenvalue weighted by atomic mass is 32.1. The van der Waals surface area contributed by atoms with Gasteiger partial charge in [0.2, 0.25) is 5.91 Å². The van der Waals surface area contributed by atoms with Gasteiger partial charge in [-0.25, -0.2) is 0 Å². The fraction of sp³-hybridized carbons (Fsp3) is 0.438. The zero-order valence-corrected chi connectivity index (χ0v) is 14.0. The van der Waals surface area contributed by atoms with E-state index in [1.807, 2.05) is 39.9 Å². The molecule has 0 unspecified atom stereocenters. The van der Waals surface area contributed by atoms with Gasteiger partial charge in [-0.3, -0.25) is 9.69 Å². The summed E-state index contributed by atoms with van der Waals surface area (Å²) in [5, 5.41) is 14.2. The van der Waals surface area contributed by atoms with Crippen LogP contribution in [0.5, 0.6) is 0 Å². The van der Waals surface area contributed by atoms with Crippen molar-refractivity contribution in [2.24, 2.45) is 0 Å². The Bertz CT molecular complexity index is 575. The molecule has 0 aliphatic carbocycles. The molecule has 1 aliphatic heterocycles. The molecule has 1 atom stereocenters. The van der Waals surface area contributed by atoms with Crippen LogP contribution in [0.4, 0.5) is 0 Å². The summed E-state index contributed by atoms with van der Waals surface area (Å²) in [6, 6.07) is 7.92. The highest BCUT2D eigenvalue weighted by molar-refractivity contribution is 7.10. The van der Waals surface area contributed by atoms with Crippen LogP contribution >= 0.6 is 22.7 Å². The molecule has 3 rings (SSSR count). The van der Waals surface area contributed by atoms with Gasteiger partial charge in [-0.1, -0.05) is 12.1 Å². The standard InChI is InChI=1S/C16H20N2O2S2/c19-14(15-4-2-10-22-15)12-17-5-7-18(8-6-17)16(20)11-13-3-1-9-21-13/h1-4,9-10,14,19H,5-8,11-12H2/t14-/m1/s1. The van der Waals surface area contributed by atoms with Crippen molar-refractivity contribution in [1.29, 1.82) is 0 Å². The lowest BCUT2D eigenvalue weighted by atomic mass is 10.2. The van der Waals surface area contributed by atoms with E-state index in [1.165, 1.54) is 0 Å². The first-order valence-electron chi connectivity index (χ1n) is 7.46. The quantitative estimate of drug-likeness (QED) is 0.911. The fourth-order valence-electron chi connectivity index (χ4n) is 2.67. The Morgan fingerprint density at radius 1 is 1.14 bits per heavy atom. The van der Waals surface area contributed by atoms with E-state index in [-0.39, 0.29) is 5.91 Å². The Hall–Kier alpha value is -1.21. The summed E-state index contributed by atoms with van der Waals surface area (Å²) in [6.07, 6.45) is 0.0866. The second-order valence-electron chi connectivity index (χ2n) is 5.47. The highest BCUT2D eigenvalue weighted by Crippen LogP contribution is 2.20.